The van der Waals surface area contributed by atoms with Gasteiger partial charge in [-0.1, -0.05) is 18.2 Å². The predicted molar refractivity (Wildman–Crippen MR) is 72.7 cm³/mol. The summed E-state index contributed by atoms with van der Waals surface area (Å²) in [6.45, 7) is 0.0702. The summed E-state index contributed by atoms with van der Waals surface area (Å²) in [5.41, 5.74) is 0.102. The van der Waals surface area contributed by atoms with Crippen LogP contribution in [0.1, 0.15) is 11.0 Å². The second-order valence-corrected chi connectivity index (χ2v) is 4.83. The lowest BCUT2D eigenvalue weighted by Crippen LogP contribution is -2.32. The number of aliphatic hydroxyl groups excluding tert-OH is 1. The van der Waals surface area contributed by atoms with Crippen LogP contribution in [-0.4, -0.2) is 17.7 Å². The lowest BCUT2D eigenvalue weighted by atomic mass is 10.3. The fourth-order valence-electron chi connectivity index (χ4n) is 1.50. The van der Waals surface area contributed by atoms with Crippen molar-refractivity contribution >= 4 is 23.1 Å². The fourth-order valence-corrected chi connectivity index (χ4v) is 2.21. The first-order valence-electron chi connectivity index (χ1n) is 5.67. The molecule has 0 bridgehead atoms. The molecule has 1 aromatic carbocycles. The van der Waals surface area contributed by atoms with Crippen molar-refractivity contribution in [1.82, 2.24) is 5.32 Å². The number of thiophene rings is 1. The number of carbonyl (C=O) groups is 1. The number of hydrogen-bond acceptors (Lipinski definition) is 3. The molecular weight excluding hydrogens is 267 g/mol. The van der Waals surface area contributed by atoms with Crippen LogP contribution in [-0.2, 0) is 0 Å². The number of amides is 2. The van der Waals surface area contributed by atoms with Crippen LogP contribution < -0.4 is 10.6 Å². The van der Waals surface area contributed by atoms with E-state index in [0.717, 1.165) is 4.88 Å². The minimum absolute atomic E-state index is 0.0702. The van der Waals surface area contributed by atoms with Gasteiger partial charge in [0.25, 0.3) is 0 Å². The zero-order valence-corrected chi connectivity index (χ0v) is 10.8. The van der Waals surface area contributed by atoms with Crippen LogP contribution in [0.3, 0.4) is 0 Å². The van der Waals surface area contributed by atoms with Gasteiger partial charge in [0.2, 0.25) is 0 Å². The van der Waals surface area contributed by atoms with Crippen molar-refractivity contribution in [1.29, 1.82) is 0 Å². The Morgan fingerprint density at radius 1 is 1.32 bits per heavy atom. The molecule has 0 spiro atoms. The Bertz CT molecular complexity index is 545. The van der Waals surface area contributed by atoms with E-state index in [0.29, 0.717) is 0 Å². The monoisotopic (exact) mass is 280 g/mol. The van der Waals surface area contributed by atoms with Gasteiger partial charge >= 0.3 is 6.03 Å². The van der Waals surface area contributed by atoms with Gasteiger partial charge in [-0.3, -0.25) is 0 Å². The topological polar surface area (TPSA) is 61.4 Å². The smallest absolute Gasteiger partial charge is 0.319 e. The van der Waals surface area contributed by atoms with Gasteiger partial charge in [-0.15, -0.1) is 11.3 Å². The van der Waals surface area contributed by atoms with E-state index in [1.54, 1.807) is 18.2 Å². The molecule has 0 aliphatic carbocycles. The predicted octanol–water partition coefficient (Wildman–Crippen LogP) is 2.74. The third-order valence-corrected chi connectivity index (χ3v) is 3.42. The number of aliphatic hydroxyl groups is 1. The minimum atomic E-state index is -0.758. The average Bonchev–Trinajstić information content (AvgIpc) is 2.93. The lowest BCUT2D eigenvalue weighted by molar-refractivity contribution is 0.178. The maximum atomic E-state index is 13.3. The summed E-state index contributed by atoms with van der Waals surface area (Å²) in [4.78, 5) is 12.3. The molecule has 1 heterocycles. The van der Waals surface area contributed by atoms with Crippen molar-refractivity contribution in [3.63, 3.8) is 0 Å². The Hall–Kier alpha value is -1.92. The number of para-hydroxylation sites is 1. The molecule has 1 atom stereocenters. The van der Waals surface area contributed by atoms with Gasteiger partial charge in [0.15, 0.2) is 0 Å². The maximum Gasteiger partial charge on any atom is 0.319 e. The highest BCUT2D eigenvalue weighted by atomic mass is 32.1. The van der Waals surface area contributed by atoms with E-state index in [2.05, 4.69) is 10.6 Å². The van der Waals surface area contributed by atoms with E-state index in [1.807, 2.05) is 11.4 Å². The van der Waals surface area contributed by atoms with Crippen LogP contribution >= 0.6 is 11.3 Å². The number of rotatable bonds is 4. The molecule has 0 saturated heterocycles. The van der Waals surface area contributed by atoms with Gasteiger partial charge in [-0.25, -0.2) is 9.18 Å². The highest BCUT2D eigenvalue weighted by Crippen LogP contribution is 2.17. The molecule has 1 unspecified atom stereocenters. The Labute approximate surface area is 113 Å². The summed E-state index contributed by atoms with van der Waals surface area (Å²) in [6, 6.07) is 8.94. The zero-order valence-electron chi connectivity index (χ0n) is 9.97. The number of benzene rings is 1. The SMILES string of the molecule is O=C(NCC(O)c1cccs1)Nc1ccccc1F. The summed E-state index contributed by atoms with van der Waals surface area (Å²) in [6.07, 6.45) is -0.758. The van der Waals surface area contributed by atoms with Crippen LogP contribution in [0.4, 0.5) is 14.9 Å². The van der Waals surface area contributed by atoms with Crippen molar-refractivity contribution in [3.05, 3.63) is 52.5 Å². The second-order valence-electron chi connectivity index (χ2n) is 3.85. The van der Waals surface area contributed by atoms with Crippen LogP contribution in [0.25, 0.3) is 0 Å². The molecule has 6 heteroatoms. The van der Waals surface area contributed by atoms with Crippen LogP contribution in [0, 0.1) is 5.82 Å². The van der Waals surface area contributed by atoms with Crippen molar-refractivity contribution in [3.8, 4) is 0 Å². The van der Waals surface area contributed by atoms with Gasteiger partial charge in [0.05, 0.1) is 12.2 Å². The second kappa shape index (κ2) is 6.31. The number of anilines is 1. The molecule has 2 rings (SSSR count). The molecule has 0 fully saturated rings. The molecule has 0 saturated carbocycles. The summed E-state index contributed by atoms with van der Waals surface area (Å²) in [5.74, 6) is -0.503. The van der Waals surface area contributed by atoms with Crippen molar-refractivity contribution in [2.75, 3.05) is 11.9 Å². The van der Waals surface area contributed by atoms with Crippen LogP contribution in [0.15, 0.2) is 41.8 Å². The van der Waals surface area contributed by atoms with E-state index in [1.165, 1.54) is 23.5 Å². The fraction of sp³-hybridized carbons (Fsp3) is 0.154. The number of hydrogen-bond donors (Lipinski definition) is 3. The van der Waals surface area contributed by atoms with Crippen molar-refractivity contribution < 1.29 is 14.3 Å². The lowest BCUT2D eigenvalue weighted by Gasteiger charge is -2.11. The third kappa shape index (κ3) is 3.77. The normalized spacial score (nSPS) is 11.9. The van der Waals surface area contributed by atoms with E-state index in [4.69, 9.17) is 0 Å². The third-order valence-electron chi connectivity index (χ3n) is 2.45. The van der Waals surface area contributed by atoms with E-state index >= 15 is 0 Å². The molecule has 0 aliphatic heterocycles. The first kappa shape index (κ1) is 13.5. The molecule has 100 valence electrons. The van der Waals surface area contributed by atoms with E-state index in [-0.39, 0.29) is 12.2 Å². The van der Waals surface area contributed by atoms with E-state index in [9.17, 15) is 14.3 Å². The molecule has 4 nitrogen and oxygen atoms in total. The van der Waals surface area contributed by atoms with Gasteiger partial charge in [-0.05, 0) is 23.6 Å². The van der Waals surface area contributed by atoms with Gasteiger partial charge in [0.1, 0.15) is 11.9 Å². The Kier molecular flexibility index (Phi) is 4.48. The molecular formula is C13H13FN2O2S. The van der Waals surface area contributed by atoms with Gasteiger partial charge in [0, 0.05) is 4.88 Å². The van der Waals surface area contributed by atoms with Crippen LogP contribution in [0.2, 0.25) is 0 Å². The summed E-state index contributed by atoms with van der Waals surface area (Å²) in [5, 5.41) is 16.5. The van der Waals surface area contributed by atoms with Crippen molar-refractivity contribution in [2.24, 2.45) is 0 Å². The Morgan fingerprint density at radius 2 is 2.11 bits per heavy atom. The van der Waals surface area contributed by atoms with Crippen LogP contribution in [0.5, 0.6) is 0 Å². The molecule has 1 aromatic heterocycles. The summed E-state index contributed by atoms with van der Waals surface area (Å²) >= 11 is 1.41. The largest absolute Gasteiger partial charge is 0.386 e. The zero-order chi connectivity index (χ0) is 13.7. The Balaban J connectivity index is 1.84. The van der Waals surface area contributed by atoms with E-state index < -0.39 is 18.0 Å². The number of carbonyl (C=O) groups excluding carboxylic acids is 1. The average molecular weight is 280 g/mol. The van der Waals surface area contributed by atoms with Crippen molar-refractivity contribution in [2.45, 2.75) is 6.10 Å². The summed E-state index contributed by atoms with van der Waals surface area (Å²) in [7, 11) is 0. The molecule has 2 aromatic rings. The number of nitrogens with one attached hydrogen (secondary N) is 2. The molecule has 2 amide bonds. The molecule has 19 heavy (non-hydrogen) atoms. The molecule has 0 radical (unpaired) electrons. The highest BCUT2D eigenvalue weighted by Gasteiger charge is 2.11. The number of halogens is 1. The standard InChI is InChI=1S/C13H13FN2O2S/c14-9-4-1-2-5-10(9)16-13(18)15-8-11(17)12-6-3-7-19-12/h1-7,11,17H,8H2,(H2,15,16,18). The first-order chi connectivity index (χ1) is 9.16. The first-order valence-corrected chi connectivity index (χ1v) is 6.55. The molecule has 0 aliphatic rings. The highest BCUT2D eigenvalue weighted by molar-refractivity contribution is 7.10. The Morgan fingerprint density at radius 3 is 2.79 bits per heavy atom. The maximum absolute atomic E-state index is 13.3. The van der Waals surface area contributed by atoms with Gasteiger partial charge in [-0.2, -0.15) is 0 Å². The molecule has 3 N–H and O–H groups in total. The summed E-state index contributed by atoms with van der Waals surface area (Å²) < 4.78 is 13.3. The number of urea groups is 1. The minimum Gasteiger partial charge on any atom is -0.386 e. The van der Waals surface area contributed by atoms with Gasteiger partial charge < -0.3 is 15.7 Å². The quantitative estimate of drug-likeness (QED) is 0.806.